The number of esters is 1. The largest absolute Gasteiger partial charge is 0.469 e. The number of hydrogen-bond acceptors (Lipinski definition) is 4. The zero-order valence-electron chi connectivity index (χ0n) is 14.2. The minimum absolute atomic E-state index is 0.0717. The Bertz CT molecular complexity index is 797. The van der Waals surface area contributed by atoms with Gasteiger partial charge in [-0.15, -0.1) is 0 Å². The summed E-state index contributed by atoms with van der Waals surface area (Å²) in [7, 11) is 1.52. The maximum absolute atomic E-state index is 12.9. The second kappa shape index (κ2) is 4.79. The Labute approximate surface area is 142 Å². The summed E-state index contributed by atoms with van der Waals surface area (Å²) in [5, 5.41) is 0. The standard InChI is InChI=1S/C20H22N2O2/c1-3-12-11-22-9-8-20-14-6-4-5-7-15(14)21-18(20)16(22)10-13(12)17(20)19(23)24-2/h3-7,13,16-17H,8-11H2,1-2H3/b12-3+/t13-,16-,17+,20-/m0/s1. The molecule has 0 radical (unpaired) electrons. The molecule has 3 aliphatic heterocycles. The summed E-state index contributed by atoms with van der Waals surface area (Å²) in [4.78, 5) is 20.5. The Morgan fingerprint density at radius 3 is 3.04 bits per heavy atom. The van der Waals surface area contributed by atoms with Crippen LogP contribution < -0.4 is 0 Å². The van der Waals surface area contributed by atoms with E-state index >= 15 is 0 Å². The monoisotopic (exact) mass is 322 g/mol. The molecule has 0 spiro atoms. The summed E-state index contributed by atoms with van der Waals surface area (Å²) in [5.41, 5.74) is 4.64. The van der Waals surface area contributed by atoms with E-state index in [9.17, 15) is 4.79 Å². The number of rotatable bonds is 1. The quantitative estimate of drug-likeness (QED) is 0.590. The van der Waals surface area contributed by atoms with E-state index in [4.69, 9.17) is 9.73 Å². The van der Waals surface area contributed by atoms with E-state index < -0.39 is 0 Å². The highest BCUT2D eigenvalue weighted by atomic mass is 16.5. The lowest BCUT2D eigenvalue weighted by atomic mass is 9.51. The van der Waals surface area contributed by atoms with Gasteiger partial charge in [0.1, 0.15) is 0 Å². The van der Waals surface area contributed by atoms with Crippen molar-refractivity contribution in [2.75, 3.05) is 20.2 Å². The molecule has 0 amide bonds. The highest BCUT2D eigenvalue weighted by molar-refractivity contribution is 6.09. The normalized spacial score (nSPS) is 37.8. The molecule has 3 heterocycles. The zero-order chi connectivity index (χ0) is 16.5. The maximum atomic E-state index is 12.9. The molecule has 3 bridgehead atoms. The van der Waals surface area contributed by atoms with E-state index in [-0.39, 0.29) is 23.2 Å². The Morgan fingerprint density at radius 2 is 2.25 bits per heavy atom. The topological polar surface area (TPSA) is 41.9 Å². The molecule has 124 valence electrons. The highest BCUT2D eigenvalue weighted by Crippen LogP contribution is 2.60. The molecule has 24 heavy (non-hydrogen) atoms. The number of aliphatic imine (C=N–C) groups is 1. The lowest BCUT2D eigenvalue weighted by Gasteiger charge is -2.59. The van der Waals surface area contributed by atoms with Crippen LogP contribution in [0, 0.1) is 11.8 Å². The van der Waals surface area contributed by atoms with Crippen molar-refractivity contribution in [1.29, 1.82) is 0 Å². The third kappa shape index (κ3) is 1.53. The fraction of sp³-hybridized carbons (Fsp3) is 0.500. The molecular formula is C20H22N2O2. The zero-order valence-corrected chi connectivity index (χ0v) is 14.2. The minimum atomic E-state index is -0.261. The number of nitrogens with zero attached hydrogens (tertiary/aromatic N) is 2. The number of benzene rings is 1. The van der Waals surface area contributed by atoms with Crippen LogP contribution in [-0.4, -0.2) is 42.8 Å². The van der Waals surface area contributed by atoms with Crippen LogP contribution >= 0.6 is 0 Å². The van der Waals surface area contributed by atoms with Crippen molar-refractivity contribution >= 4 is 17.4 Å². The first-order valence-corrected chi connectivity index (χ1v) is 8.86. The number of ether oxygens (including phenoxy) is 1. The van der Waals surface area contributed by atoms with E-state index in [1.165, 1.54) is 24.0 Å². The maximum Gasteiger partial charge on any atom is 0.310 e. The van der Waals surface area contributed by atoms with Crippen LogP contribution in [0.25, 0.3) is 0 Å². The van der Waals surface area contributed by atoms with Crippen LogP contribution in [-0.2, 0) is 14.9 Å². The van der Waals surface area contributed by atoms with Crippen LogP contribution in [0.5, 0.6) is 0 Å². The molecule has 1 aliphatic carbocycles. The Hall–Kier alpha value is -1.94. The van der Waals surface area contributed by atoms with Gasteiger partial charge in [-0.2, -0.15) is 0 Å². The van der Waals surface area contributed by atoms with Crippen molar-refractivity contribution in [3.63, 3.8) is 0 Å². The molecule has 2 saturated heterocycles. The predicted molar refractivity (Wildman–Crippen MR) is 92.6 cm³/mol. The Morgan fingerprint density at radius 1 is 1.42 bits per heavy atom. The molecule has 4 atom stereocenters. The van der Waals surface area contributed by atoms with Crippen molar-refractivity contribution in [2.45, 2.75) is 31.2 Å². The molecule has 4 nitrogen and oxygen atoms in total. The second-order valence-corrected chi connectivity index (χ2v) is 7.43. The summed E-state index contributed by atoms with van der Waals surface area (Å²) in [6, 6.07) is 8.76. The third-order valence-corrected chi connectivity index (χ3v) is 6.73. The van der Waals surface area contributed by atoms with E-state index in [0.717, 1.165) is 31.6 Å². The number of para-hydroxylation sites is 1. The SMILES string of the molecule is C/C=C1\CN2CC[C@]34C(=Nc5ccccc53)[C@@H]2C[C@@H]1[C@@H]4C(=O)OC. The molecule has 0 aromatic heterocycles. The van der Waals surface area contributed by atoms with Gasteiger partial charge in [-0.05, 0) is 37.3 Å². The van der Waals surface area contributed by atoms with Gasteiger partial charge in [-0.1, -0.05) is 29.8 Å². The smallest absolute Gasteiger partial charge is 0.310 e. The van der Waals surface area contributed by atoms with Crippen molar-refractivity contribution < 1.29 is 9.53 Å². The molecular weight excluding hydrogens is 300 g/mol. The van der Waals surface area contributed by atoms with Crippen LogP contribution in [0.4, 0.5) is 5.69 Å². The van der Waals surface area contributed by atoms with Crippen LogP contribution in [0.2, 0.25) is 0 Å². The molecule has 3 fully saturated rings. The molecule has 1 aromatic rings. The summed E-state index contributed by atoms with van der Waals surface area (Å²) in [6.07, 6.45) is 4.17. The van der Waals surface area contributed by atoms with Gasteiger partial charge in [-0.3, -0.25) is 14.7 Å². The van der Waals surface area contributed by atoms with Gasteiger partial charge < -0.3 is 4.74 Å². The van der Waals surface area contributed by atoms with Crippen molar-refractivity contribution in [3.8, 4) is 0 Å². The summed E-state index contributed by atoms with van der Waals surface area (Å²) < 4.78 is 5.31. The number of methoxy groups -OCH3 is 1. The number of carbonyl (C=O) groups excluding carboxylic acids is 1. The minimum Gasteiger partial charge on any atom is -0.469 e. The molecule has 1 saturated carbocycles. The van der Waals surface area contributed by atoms with Crippen molar-refractivity contribution in [2.24, 2.45) is 16.8 Å². The number of hydrogen-bond donors (Lipinski definition) is 0. The van der Waals surface area contributed by atoms with Gasteiger partial charge in [0.2, 0.25) is 0 Å². The molecule has 0 unspecified atom stereocenters. The number of piperidine rings is 2. The number of allylic oxidation sites excluding steroid dienone is 1. The van der Waals surface area contributed by atoms with Gasteiger partial charge in [0, 0.05) is 24.8 Å². The first-order chi connectivity index (χ1) is 11.7. The fourth-order valence-corrected chi connectivity index (χ4v) is 5.77. The highest BCUT2D eigenvalue weighted by Gasteiger charge is 2.65. The van der Waals surface area contributed by atoms with E-state index in [1.807, 2.05) is 6.07 Å². The first-order valence-electron chi connectivity index (χ1n) is 8.86. The van der Waals surface area contributed by atoms with Crippen molar-refractivity contribution in [3.05, 3.63) is 41.5 Å². The number of carbonyl (C=O) groups is 1. The predicted octanol–water partition coefficient (Wildman–Crippen LogP) is 2.85. The Kier molecular flexibility index (Phi) is 2.88. The van der Waals surface area contributed by atoms with E-state index in [2.05, 4.69) is 36.1 Å². The molecule has 5 rings (SSSR count). The van der Waals surface area contributed by atoms with Gasteiger partial charge in [-0.25, -0.2) is 0 Å². The van der Waals surface area contributed by atoms with Crippen molar-refractivity contribution in [1.82, 2.24) is 4.90 Å². The van der Waals surface area contributed by atoms with Crippen LogP contribution in [0.3, 0.4) is 0 Å². The lowest BCUT2D eigenvalue weighted by molar-refractivity contribution is -0.151. The molecule has 0 N–H and O–H groups in total. The lowest BCUT2D eigenvalue weighted by Crippen LogP contribution is -2.68. The van der Waals surface area contributed by atoms with E-state index in [1.54, 1.807) is 0 Å². The fourth-order valence-electron chi connectivity index (χ4n) is 5.77. The first kappa shape index (κ1) is 14.4. The van der Waals surface area contributed by atoms with Gasteiger partial charge >= 0.3 is 5.97 Å². The van der Waals surface area contributed by atoms with Gasteiger partial charge in [0.15, 0.2) is 0 Å². The van der Waals surface area contributed by atoms with Crippen LogP contribution in [0.15, 0.2) is 40.9 Å². The molecule has 4 heteroatoms. The summed E-state index contributed by atoms with van der Waals surface area (Å²) in [5.74, 6) is 0.0569. The average molecular weight is 322 g/mol. The number of fused-ring (bicyclic) bond motifs is 2. The van der Waals surface area contributed by atoms with Crippen LogP contribution in [0.1, 0.15) is 25.3 Å². The summed E-state index contributed by atoms with van der Waals surface area (Å²) in [6.45, 7) is 4.09. The average Bonchev–Trinajstić information content (AvgIpc) is 2.96. The van der Waals surface area contributed by atoms with Gasteiger partial charge in [0.25, 0.3) is 0 Å². The molecule has 4 aliphatic rings. The van der Waals surface area contributed by atoms with E-state index in [0.29, 0.717) is 6.04 Å². The molecule has 1 aromatic carbocycles. The third-order valence-electron chi connectivity index (χ3n) is 6.73. The summed E-state index contributed by atoms with van der Waals surface area (Å²) >= 11 is 0. The second-order valence-electron chi connectivity index (χ2n) is 7.43. The Balaban J connectivity index is 1.79. The van der Waals surface area contributed by atoms with Gasteiger partial charge in [0.05, 0.1) is 24.1 Å².